The first-order chi connectivity index (χ1) is 5.43. The van der Waals surface area contributed by atoms with Gasteiger partial charge in [0.25, 0.3) is 0 Å². The van der Waals surface area contributed by atoms with Gasteiger partial charge in [-0.2, -0.15) is 0 Å². The molecular formula is C8H16O2S. The van der Waals surface area contributed by atoms with Crippen LogP contribution in [0.4, 0.5) is 0 Å². The van der Waals surface area contributed by atoms with E-state index < -0.39 is 0 Å². The van der Waals surface area contributed by atoms with Gasteiger partial charge in [0.1, 0.15) is 0 Å². The second-order valence-electron chi connectivity index (χ2n) is 2.76. The molecule has 0 N–H and O–H groups in total. The number of hydrogen-bond acceptors (Lipinski definition) is 3. The summed E-state index contributed by atoms with van der Waals surface area (Å²) in [5.74, 6) is 0. The normalized spacial score (nSPS) is 24.3. The molecule has 1 rings (SSSR count). The third kappa shape index (κ3) is 3.99. The number of ether oxygens (including phenoxy) is 1. The maximum atomic E-state index is 5.46. The maximum Gasteiger partial charge on any atom is 0.0626 e. The van der Waals surface area contributed by atoms with Crippen molar-refractivity contribution >= 4 is 12.0 Å². The van der Waals surface area contributed by atoms with E-state index >= 15 is 0 Å². The molecule has 0 aromatic rings. The highest BCUT2D eigenvalue weighted by molar-refractivity contribution is 7.95. The van der Waals surface area contributed by atoms with Gasteiger partial charge in [0, 0.05) is 6.61 Å². The molecule has 0 amide bonds. The van der Waals surface area contributed by atoms with Crippen LogP contribution in [0.15, 0.2) is 0 Å². The van der Waals surface area contributed by atoms with Gasteiger partial charge in [0.15, 0.2) is 0 Å². The Morgan fingerprint density at radius 3 is 3.18 bits per heavy atom. The van der Waals surface area contributed by atoms with Crippen molar-refractivity contribution in [3.63, 3.8) is 0 Å². The van der Waals surface area contributed by atoms with E-state index in [1.807, 2.05) is 0 Å². The smallest absolute Gasteiger partial charge is 0.0626 e. The monoisotopic (exact) mass is 176 g/mol. The van der Waals surface area contributed by atoms with Crippen LogP contribution in [0.25, 0.3) is 0 Å². The molecule has 2 nitrogen and oxygen atoms in total. The van der Waals surface area contributed by atoms with Crippen LogP contribution in [-0.4, -0.2) is 25.1 Å². The van der Waals surface area contributed by atoms with Gasteiger partial charge in [0.2, 0.25) is 0 Å². The predicted molar refractivity (Wildman–Crippen MR) is 47.7 cm³/mol. The lowest BCUT2D eigenvalue weighted by Crippen LogP contribution is -2.09. The third-order valence-corrected chi connectivity index (χ3v) is 2.62. The minimum atomic E-state index is 0.590. The van der Waals surface area contributed by atoms with E-state index in [0.717, 1.165) is 26.2 Å². The molecule has 1 atom stereocenters. The van der Waals surface area contributed by atoms with Crippen molar-refractivity contribution in [3.8, 4) is 0 Å². The van der Waals surface area contributed by atoms with E-state index in [9.17, 15) is 0 Å². The van der Waals surface area contributed by atoms with Gasteiger partial charge in [-0.15, -0.1) is 0 Å². The Morgan fingerprint density at radius 1 is 1.64 bits per heavy atom. The fraction of sp³-hybridized carbons (Fsp3) is 1.00. The fourth-order valence-corrected chi connectivity index (χ4v) is 1.67. The highest BCUT2D eigenvalue weighted by Crippen LogP contribution is 2.23. The third-order valence-electron chi connectivity index (χ3n) is 1.67. The van der Waals surface area contributed by atoms with Crippen LogP contribution in [-0.2, 0) is 8.92 Å². The molecule has 0 saturated carbocycles. The average molecular weight is 176 g/mol. The Balaban J connectivity index is 1.86. The first-order valence-corrected chi connectivity index (χ1v) is 5.10. The summed E-state index contributed by atoms with van der Waals surface area (Å²) in [6, 6.07) is 0. The summed E-state index contributed by atoms with van der Waals surface area (Å²) in [5.41, 5.74) is 0. The summed E-state index contributed by atoms with van der Waals surface area (Å²) in [7, 11) is 0. The van der Waals surface area contributed by atoms with Crippen molar-refractivity contribution in [1.29, 1.82) is 0 Å². The zero-order valence-electron chi connectivity index (χ0n) is 7.04. The van der Waals surface area contributed by atoms with Crippen LogP contribution in [0.1, 0.15) is 26.2 Å². The van der Waals surface area contributed by atoms with Crippen LogP contribution in [0.3, 0.4) is 0 Å². The van der Waals surface area contributed by atoms with Crippen LogP contribution in [0.5, 0.6) is 0 Å². The summed E-state index contributed by atoms with van der Waals surface area (Å²) in [4.78, 5) is 0. The number of hydrogen-bond donors (Lipinski definition) is 0. The highest BCUT2D eigenvalue weighted by atomic mass is 32.2. The van der Waals surface area contributed by atoms with Crippen LogP contribution >= 0.6 is 12.0 Å². The molecule has 3 heteroatoms. The van der Waals surface area contributed by atoms with E-state index in [1.165, 1.54) is 12.8 Å². The summed E-state index contributed by atoms with van der Waals surface area (Å²) in [5, 5.41) is 0.590. The zero-order chi connectivity index (χ0) is 7.94. The minimum absolute atomic E-state index is 0.590. The Labute approximate surface area is 72.8 Å². The number of rotatable bonds is 5. The Hall–Kier alpha value is 0.270. The van der Waals surface area contributed by atoms with Gasteiger partial charge in [0.05, 0.1) is 18.5 Å². The van der Waals surface area contributed by atoms with Crippen molar-refractivity contribution < 1.29 is 8.92 Å². The van der Waals surface area contributed by atoms with Crippen molar-refractivity contribution in [2.45, 2.75) is 31.4 Å². The van der Waals surface area contributed by atoms with Crippen molar-refractivity contribution in [2.75, 3.05) is 19.8 Å². The molecule has 1 aliphatic rings. The summed E-state index contributed by atoms with van der Waals surface area (Å²) in [6.07, 6.45) is 3.54. The zero-order valence-corrected chi connectivity index (χ0v) is 7.86. The van der Waals surface area contributed by atoms with Crippen molar-refractivity contribution in [1.82, 2.24) is 0 Å². The molecule has 0 aromatic heterocycles. The summed E-state index contributed by atoms with van der Waals surface area (Å²) >= 11 is 1.58. The molecule has 66 valence electrons. The average Bonchev–Trinajstić information content (AvgIpc) is 2.50. The molecule has 0 radical (unpaired) electrons. The van der Waals surface area contributed by atoms with E-state index in [4.69, 9.17) is 8.92 Å². The molecule has 1 saturated heterocycles. The van der Waals surface area contributed by atoms with Crippen LogP contribution in [0, 0.1) is 0 Å². The second kappa shape index (κ2) is 5.86. The van der Waals surface area contributed by atoms with Crippen molar-refractivity contribution in [2.24, 2.45) is 0 Å². The molecule has 1 fully saturated rings. The Bertz CT molecular complexity index is 92.1. The number of unbranched alkanes of at least 4 members (excludes halogenated alkanes) is 1. The minimum Gasteiger partial charge on any atom is -0.380 e. The van der Waals surface area contributed by atoms with E-state index in [2.05, 4.69) is 6.92 Å². The van der Waals surface area contributed by atoms with Gasteiger partial charge in [-0.05, 0) is 24.9 Å². The highest BCUT2D eigenvalue weighted by Gasteiger charge is 2.16. The molecule has 0 spiro atoms. The second-order valence-corrected chi connectivity index (χ2v) is 3.85. The first-order valence-electron chi connectivity index (χ1n) is 4.29. The first kappa shape index (κ1) is 9.36. The lowest BCUT2D eigenvalue weighted by atomic mass is 10.3. The van der Waals surface area contributed by atoms with Gasteiger partial charge in [-0.25, -0.2) is 0 Å². The molecule has 1 unspecified atom stereocenters. The van der Waals surface area contributed by atoms with Crippen LogP contribution in [0.2, 0.25) is 0 Å². The lowest BCUT2D eigenvalue weighted by molar-refractivity contribution is 0.132. The van der Waals surface area contributed by atoms with Crippen molar-refractivity contribution in [3.05, 3.63) is 0 Å². The topological polar surface area (TPSA) is 18.5 Å². The van der Waals surface area contributed by atoms with E-state index in [-0.39, 0.29) is 0 Å². The van der Waals surface area contributed by atoms with E-state index in [0.29, 0.717) is 5.25 Å². The van der Waals surface area contributed by atoms with Gasteiger partial charge in [-0.3, -0.25) is 0 Å². The molecule has 0 bridgehead atoms. The molecule has 1 heterocycles. The Kier molecular flexibility index (Phi) is 4.99. The SMILES string of the molecule is CCCCOCC1CCOS1. The Morgan fingerprint density at radius 2 is 2.55 bits per heavy atom. The summed E-state index contributed by atoms with van der Waals surface area (Å²) < 4.78 is 10.6. The van der Waals surface area contributed by atoms with Gasteiger partial charge >= 0.3 is 0 Å². The largest absolute Gasteiger partial charge is 0.380 e. The maximum absolute atomic E-state index is 5.46. The summed E-state index contributed by atoms with van der Waals surface area (Å²) in [6.45, 7) is 4.85. The molecule has 11 heavy (non-hydrogen) atoms. The quantitative estimate of drug-likeness (QED) is 0.473. The molecule has 0 aliphatic carbocycles. The standard InChI is InChI=1S/C8H16O2S/c1-2-3-5-9-7-8-4-6-10-11-8/h8H,2-7H2,1H3. The van der Waals surface area contributed by atoms with Gasteiger partial charge in [-0.1, -0.05) is 13.3 Å². The van der Waals surface area contributed by atoms with E-state index in [1.54, 1.807) is 12.0 Å². The van der Waals surface area contributed by atoms with Gasteiger partial charge < -0.3 is 8.92 Å². The van der Waals surface area contributed by atoms with Crippen LogP contribution < -0.4 is 0 Å². The molecule has 0 aromatic carbocycles. The predicted octanol–water partition coefficient (Wildman–Crippen LogP) is 2.24. The lowest BCUT2D eigenvalue weighted by Gasteiger charge is -2.06. The molecule has 1 aliphatic heterocycles. The molecular weight excluding hydrogens is 160 g/mol. The fourth-order valence-electron chi connectivity index (χ4n) is 0.944.